The highest BCUT2D eigenvalue weighted by atomic mass is 32.1. The van der Waals surface area contributed by atoms with E-state index in [1.807, 2.05) is 12.1 Å². The smallest absolute Gasteiger partial charge is 0.124 e. The Bertz CT molecular complexity index is 705. The second-order valence-electron chi connectivity index (χ2n) is 5.17. The van der Waals surface area contributed by atoms with E-state index in [1.54, 1.807) is 29.9 Å². The van der Waals surface area contributed by atoms with Gasteiger partial charge in [0.15, 0.2) is 0 Å². The summed E-state index contributed by atoms with van der Waals surface area (Å²) in [5.41, 5.74) is 1.17. The summed E-state index contributed by atoms with van der Waals surface area (Å²) in [5.74, 6) is -0.177. The zero-order valence-corrected chi connectivity index (χ0v) is 12.8. The second-order valence-corrected chi connectivity index (χ2v) is 6.29. The van der Waals surface area contributed by atoms with Crippen molar-refractivity contribution in [2.75, 3.05) is 6.54 Å². The van der Waals surface area contributed by atoms with Gasteiger partial charge in [-0.05, 0) is 54.6 Å². The number of benzene rings is 1. The van der Waals surface area contributed by atoms with Crippen molar-refractivity contribution in [2.24, 2.45) is 0 Å². The normalized spacial score (nSPS) is 12.9. The largest absolute Gasteiger partial charge is 0.472 e. The average molecular weight is 303 g/mol. The van der Waals surface area contributed by atoms with Crippen LogP contribution in [0.25, 0.3) is 10.1 Å². The summed E-state index contributed by atoms with van der Waals surface area (Å²) in [4.78, 5) is 1.24. The molecule has 1 atom stereocenters. The molecule has 2 aromatic heterocycles. The standard InChI is InChI=1S/C17H18FNOS/c1-2-6-19-15(8-12-5-7-20-11-12)17-9-13-3-4-14(18)10-16(13)21-17/h3-5,7,9-11,15,19H,2,6,8H2,1H3. The van der Waals surface area contributed by atoms with Crippen LogP contribution < -0.4 is 5.32 Å². The van der Waals surface area contributed by atoms with Crippen LogP contribution in [0.1, 0.15) is 29.8 Å². The predicted molar refractivity (Wildman–Crippen MR) is 85.2 cm³/mol. The number of furan rings is 1. The number of fused-ring (bicyclic) bond motifs is 1. The van der Waals surface area contributed by atoms with Crippen LogP contribution in [-0.2, 0) is 6.42 Å². The molecule has 4 heteroatoms. The van der Waals surface area contributed by atoms with E-state index >= 15 is 0 Å². The monoisotopic (exact) mass is 303 g/mol. The molecule has 2 heterocycles. The summed E-state index contributed by atoms with van der Waals surface area (Å²) in [5, 5.41) is 4.68. The number of nitrogens with one attached hydrogen (secondary N) is 1. The van der Waals surface area contributed by atoms with E-state index in [2.05, 4.69) is 18.3 Å². The van der Waals surface area contributed by atoms with Gasteiger partial charge in [0.1, 0.15) is 5.82 Å². The molecule has 2 nitrogen and oxygen atoms in total. The number of rotatable bonds is 6. The Morgan fingerprint density at radius 1 is 1.29 bits per heavy atom. The number of hydrogen-bond acceptors (Lipinski definition) is 3. The van der Waals surface area contributed by atoms with Gasteiger partial charge in [-0.15, -0.1) is 11.3 Å². The van der Waals surface area contributed by atoms with Gasteiger partial charge in [0.25, 0.3) is 0 Å². The van der Waals surface area contributed by atoms with Crippen molar-refractivity contribution in [3.63, 3.8) is 0 Å². The molecule has 110 valence electrons. The van der Waals surface area contributed by atoms with Gasteiger partial charge in [0, 0.05) is 15.6 Å². The molecule has 3 aromatic rings. The van der Waals surface area contributed by atoms with Crippen LogP contribution in [0.3, 0.4) is 0 Å². The quantitative estimate of drug-likeness (QED) is 0.699. The van der Waals surface area contributed by atoms with Crippen LogP contribution in [0.5, 0.6) is 0 Å². The van der Waals surface area contributed by atoms with Crippen LogP contribution in [-0.4, -0.2) is 6.54 Å². The maximum atomic E-state index is 13.3. The van der Waals surface area contributed by atoms with E-state index in [1.165, 1.54) is 16.5 Å². The van der Waals surface area contributed by atoms with E-state index in [0.29, 0.717) is 0 Å². The van der Waals surface area contributed by atoms with E-state index < -0.39 is 0 Å². The van der Waals surface area contributed by atoms with Crippen molar-refractivity contribution in [2.45, 2.75) is 25.8 Å². The molecule has 1 N–H and O–H groups in total. The first kappa shape index (κ1) is 14.3. The lowest BCUT2D eigenvalue weighted by Gasteiger charge is -2.16. The minimum Gasteiger partial charge on any atom is -0.472 e. The third-order valence-corrected chi connectivity index (χ3v) is 4.72. The summed E-state index contributed by atoms with van der Waals surface area (Å²) in [6, 6.07) is 9.37. The number of thiophene rings is 1. The molecule has 0 saturated heterocycles. The average Bonchev–Trinajstić information content (AvgIpc) is 3.11. The lowest BCUT2D eigenvalue weighted by molar-refractivity contribution is 0.526. The van der Waals surface area contributed by atoms with Gasteiger partial charge in [0.2, 0.25) is 0 Å². The first-order valence-electron chi connectivity index (χ1n) is 7.19. The molecular formula is C17H18FNOS. The molecular weight excluding hydrogens is 285 g/mol. The van der Waals surface area contributed by atoms with Crippen molar-refractivity contribution in [3.8, 4) is 0 Å². The Kier molecular flexibility index (Phi) is 4.36. The van der Waals surface area contributed by atoms with Gasteiger partial charge in [-0.2, -0.15) is 0 Å². The first-order valence-corrected chi connectivity index (χ1v) is 8.01. The molecule has 0 aliphatic rings. The highest BCUT2D eigenvalue weighted by Crippen LogP contribution is 2.32. The summed E-state index contributed by atoms with van der Waals surface area (Å²) in [6.45, 7) is 3.12. The van der Waals surface area contributed by atoms with Crippen LogP contribution in [0, 0.1) is 5.82 Å². The fraction of sp³-hybridized carbons (Fsp3) is 0.294. The Labute approximate surface area is 127 Å². The Morgan fingerprint density at radius 3 is 2.95 bits per heavy atom. The molecule has 21 heavy (non-hydrogen) atoms. The molecule has 0 bridgehead atoms. The Morgan fingerprint density at radius 2 is 2.19 bits per heavy atom. The van der Waals surface area contributed by atoms with Crippen molar-refractivity contribution < 1.29 is 8.81 Å². The highest BCUT2D eigenvalue weighted by molar-refractivity contribution is 7.19. The van der Waals surface area contributed by atoms with Crippen molar-refractivity contribution in [1.82, 2.24) is 5.32 Å². The SMILES string of the molecule is CCCNC(Cc1ccoc1)c1cc2ccc(F)cc2s1. The Hall–Kier alpha value is -1.65. The summed E-state index contributed by atoms with van der Waals surface area (Å²) in [6.07, 6.45) is 5.45. The molecule has 0 aliphatic heterocycles. The fourth-order valence-electron chi connectivity index (χ4n) is 2.43. The van der Waals surface area contributed by atoms with Crippen LogP contribution in [0.2, 0.25) is 0 Å². The van der Waals surface area contributed by atoms with Crippen molar-refractivity contribution in [3.05, 3.63) is 59.1 Å². The Balaban J connectivity index is 1.89. The van der Waals surface area contributed by atoms with E-state index in [-0.39, 0.29) is 11.9 Å². The minimum absolute atomic E-state index is 0.177. The summed E-state index contributed by atoms with van der Waals surface area (Å²) in [7, 11) is 0. The molecule has 0 aliphatic carbocycles. The lowest BCUT2D eigenvalue weighted by Crippen LogP contribution is -2.23. The summed E-state index contributed by atoms with van der Waals surface area (Å²) >= 11 is 1.66. The molecule has 1 unspecified atom stereocenters. The fourth-order valence-corrected chi connectivity index (χ4v) is 3.60. The zero-order chi connectivity index (χ0) is 14.7. The van der Waals surface area contributed by atoms with Gasteiger partial charge in [-0.3, -0.25) is 0 Å². The van der Waals surface area contributed by atoms with Crippen LogP contribution in [0.4, 0.5) is 4.39 Å². The maximum absolute atomic E-state index is 13.3. The van der Waals surface area contributed by atoms with Gasteiger partial charge in [-0.1, -0.05) is 13.0 Å². The van der Waals surface area contributed by atoms with Crippen molar-refractivity contribution in [1.29, 1.82) is 0 Å². The number of hydrogen-bond donors (Lipinski definition) is 1. The summed E-state index contributed by atoms with van der Waals surface area (Å²) < 4.78 is 19.5. The van der Waals surface area contributed by atoms with Gasteiger partial charge in [0.05, 0.1) is 12.5 Å². The first-order chi connectivity index (χ1) is 10.3. The molecule has 0 fully saturated rings. The van der Waals surface area contributed by atoms with E-state index in [9.17, 15) is 4.39 Å². The van der Waals surface area contributed by atoms with Crippen LogP contribution >= 0.6 is 11.3 Å². The zero-order valence-electron chi connectivity index (χ0n) is 11.9. The van der Waals surface area contributed by atoms with Gasteiger partial charge >= 0.3 is 0 Å². The second kappa shape index (κ2) is 6.41. The van der Waals surface area contributed by atoms with Gasteiger partial charge in [-0.25, -0.2) is 4.39 Å². The number of halogens is 1. The van der Waals surface area contributed by atoms with Crippen molar-refractivity contribution >= 4 is 21.4 Å². The molecule has 0 spiro atoms. The molecule has 0 saturated carbocycles. The lowest BCUT2D eigenvalue weighted by atomic mass is 10.1. The third-order valence-electron chi connectivity index (χ3n) is 3.51. The topological polar surface area (TPSA) is 25.2 Å². The predicted octanol–water partition coefficient (Wildman–Crippen LogP) is 4.92. The maximum Gasteiger partial charge on any atom is 0.124 e. The van der Waals surface area contributed by atoms with E-state index in [4.69, 9.17) is 4.42 Å². The van der Waals surface area contributed by atoms with E-state index in [0.717, 1.165) is 29.5 Å². The molecule has 3 rings (SSSR count). The molecule has 0 radical (unpaired) electrons. The third kappa shape index (κ3) is 3.34. The molecule has 0 amide bonds. The van der Waals surface area contributed by atoms with Gasteiger partial charge < -0.3 is 9.73 Å². The van der Waals surface area contributed by atoms with Crippen LogP contribution in [0.15, 0.2) is 47.3 Å². The minimum atomic E-state index is -0.177. The highest BCUT2D eigenvalue weighted by Gasteiger charge is 2.15. The molecule has 1 aromatic carbocycles.